The van der Waals surface area contributed by atoms with E-state index >= 15 is 0 Å². The summed E-state index contributed by atoms with van der Waals surface area (Å²) in [6.07, 6.45) is 0.761. The number of carbonyl (C=O) groups is 1. The molecule has 2 rings (SSSR count). The van der Waals surface area contributed by atoms with Crippen molar-refractivity contribution in [3.05, 3.63) is 47.3 Å². The predicted molar refractivity (Wildman–Crippen MR) is 92.2 cm³/mol. The molecule has 1 amide bonds. The second-order valence-corrected chi connectivity index (χ2v) is 6.16. The van der Waals surface area contributed by atoms with Crippen LogP contribution in [-0.4, -0.2) is 33.9 Å². The van der Waals surface area contributed by atoms with Crippen molar-refractivity contribution in [1.29, 1.82) is 0 Å². The number of methoxy groups -OCH3 is 1. The van der Waals surface area contributed by atoms with Gasteiger partial charge in [-0.15, -0.1) is 0 Å². The summed E-state index contributed by atoms with van der Waals surface area (Å²) in [7, 11) is 1.59. The summed E-state index contributed by atoms with van der Waals surface area (Å²) in [5, 5.41) is 17.5. The fraction of sp³-hybridized carbons (Fsp3) is 0.444. The number of benzene rings is 1. The second-order valence-electron chi connectivity index (χ2n) is 6.16. The molecule has 1 aromatic heterocycles. The number of aliphatic hydroxyl groups is 1. The van der Waals surface area contributed by atoms with Crippen molar-refractivity contribution in [2.24, 2.45) is 0 Å². The van der Waals surface area contributed by atoms with E-state index in [-0.39, 0.29) is 11.9 Å². The average Bonchev–Trinajstić information content (AvgIpc) is 2.96. The standard InChI is InChI=1S/C18H25N3O3/c1-11(2)21-13(4)16(10-19-21)18(23)20-12(3)17(22)14-6-8-15(24-5)9-7-14/h6-12,17,22H,1-5H3,(H,20,23). The zero-order chi connectivity index (χ0) is 17.9. The summed E-state index contributed by atoms with van der Waals surface area (Å²) in [6, 6.07) is 6.89. The lowest BCUT2D eigenvalue weighted by atomic mass is 10.0. The van der Waals surface area contributed by atoms with E-state index < -0.39 is 12.1 Å². The first kappa shape index (κ1) is 18.0. The third-order valence-corrected chi connectivity index (χ3v) is 4.07. The van der Waals surface area contributed by atoms with Gasteiger partial charge in [0.05, 0.1) is 31.0 Å². The van der Waals surface area contributed by atoms with Gasteiger partial charge in [-0.05, 0) is 45.4 Å². The van der Waals surface area contributed by atoms with Crippen molar-refractivity contribution in [1.82, 2.24) is 15.1 Å². The number of aromatic nitrogens is 2. The summed E-state index contributed by atoms with van der Waals surface area (Å²) in [6.45, 7) is 7.66. The Bertz CT molecular complexity index is 692. The quantitative estimate of drug-likeness (QED) is 0.853. The molecule has 0 spiro atoms. The van der Waals surface area contributed by atoms with Crippen LogP contribution < -0.4 is 10.1 Å². The van der Waals surface area contributed by atoms with Gasteiger partial charge in [-0.1, -0.05) is 12.1 Å². The number of nitrogens with one attached hydrogen (secondary N) is 1. The number of amides is 1. The monoisotopic (exact) mass is 331 g/mol. The Morgan fingerprint density at radius 3 is 2.38 bits per heavy atom. The van der Waals surface area contributed by atoms with E-state index in [2.05, 4.69) is 10.4 Å². The van der Waals surface area contributed by atoms with Crippen LogP contribution in [0.25, 0.3) is 0 Å². The fourth-order valence-electron chi connectivity index (χ4n) is 2.62. The van der Waals surface area contributed by atoms with E-state index in [4.69, 9.17) is 4.74 Å². The summed E-state index contributed by atoms with van der Waals surface area (Å²) in [4.78, 5) is 12.5. The Hall–Kier alpha value is -2.34. The lowest BCUT2D eigenvalue weighted by Gasteiger charge is -2.21. The minimum absolute atomic E-state index is 0.189. The maximum absolute atomic E-state index is 12.5. The largest absolute Gasteiger partial charge is 0.497 e. The fourth-order valence-corrected chi connectivity index (χ4v) is 2.62. The van der Waals surface area contributed by atoms with E-state index in [9.17, 15) is 9.90 Å². The molecular weight excluding hydrogens is 306 g/mol. The Balaban J connectivity index is 2.07. The molecule has 0 saturated heterocycles. The van der Waals surface area contributed by atoms with Crippen molar-refractivity contribution >= 4 is 5.91 Å². The van der Waals surface area contributed by atoms with E-state index in [0.29, 0.717) is 5.56 Å². The van der Waals surface area contributed by atoms with Crippen molar-refractivity contribution in [2.75, 3.05) is 7.11 Å². The van der Waals surface area contributed by atoms with Crippen LogP contribution in [0.2, 0.25) is 0 Å². The maximum atomic E-state index is 12.5. The summed E-state index contributed by atoms with van der Waals surface area (Å²) in [5.41, 5.74) is 2.06. The molecule has 6 heteroatoms. The molecule has 2 unspecified atom stereocenters. The molecule has 1 heterocycles. The zero-order valence-electron chi connectivity index (χ0n) is 14.8. The van der Waals surface area contributed by atoms with Crippen molar-refractivity contribution in [3.63, 3.8) is 0 Å². The summed E-state index contributed by atoms with van der Waals surface area (Å²) >= 11 is 0. The summed E-state index contributed by atoms with van der Waals surface area (Å²) in [5.74, 6) is 0.485. The molecule has 130 valence electrons. The van der Waals surface area contributed by atoms with Crippen LogP contribution in [0.3, 0.4) is 0 Å². The van der Waals surface area contributed by atoms with Crippen LogP contribution in [0.5, 0.6) is 5.75 Å². The highest BCUT2D eigenvalue weighted by atomic mass is 16.5. The number of hydrogen-bond donors (Lipinski definition) is 2. The number of carbonyl (C=O) groups excluding carboxylic acids is 1. The minimum atomic E-state index is -0.805. The second kappa shape index (κ2) is 7.49. The molecule has 2 aromatic rings. The van der Waals surface area contributed by atoms with E-state index in [0.717, 1.165) is 17.0 Å². The SMILES string of the molecule is COc1ccc(C(O)C(C)NC(=O)c2cnn(C(C)C)c2C)cc1. The van der Waals surface area contributed by atoms with Gasteiger partial charge in [0, 0.05) is 11.7 Å². The Labute approximate surface area is 142 Å². The van der Waals surface area contributed by atoms with Crippen molar-refractivity contribution in [2.45, 2.75) is 45.9 Å². The van der Waals surface area contributed by atoms with Gasteiger partial charge in [-0.2, -0.15) is 5.10 Å². The molecule has 0 aliphatic carbocycles. The number of aliphatic hydroxyl groups excluding tert-OH is 1. The first-order valence-electron chi connectivity index (χ1n) is 8.02. The predicted octanol–water partition coefficient (Wildman–Crippen LogP) is 2.63. The molecule has 0 aliphatic rings. The van der Waals surface area contributed by atoms with Crippen LogP contribution >= 0.6 is 0 Å². The first-order chi connectivity index (χ1) is 11.3. The molecular formula is C18H25N3O3. The van der Waals surface area contributed by atoms with Crippen LogP contribution in [0.1, 0.15) is 54.5 Å². The molecule has 0 fully saturated rings. The highest BCUT2D eigenvalue weighted by Crippen LogP contribution is 2.21. The van der Waals surface area contributed by atoms with Gasteiger partial charge in [0.2, 0.25) is 0 Å². The molecule has 2 atom stereocenters. The molecule has 24 heavy (non-hydrogen) atoms. The number of rotatable bonds is 6. The van der Waals surface area contributed by atoms with Crippen LogP contribution in [0, 0.1) is 6.92 Å². The number of hydrogen-bond acceptors (Lipinski definition) is 4. The molecule has 0 saturated carbocycles. The van der Waals surface area contributed by atoms with Gasteiger partial charge in [0.25, 0.3) is 5.91 Å². The van der Waals surface area contributed by atoms with E-state index in [1.54, 1.807) is 49.2 Å². The Kier molecular flexibility index (Phi) is 5.62. The summed E-state index contributed by atoms with van der Waals surface area (Å²) < 4.78 is 6.91. The molecule has 0 aliphatic heterocycles. The third kappa shape index (κ3) is 3.76. The average molecular weight is 331 g/mol. The third-order valence-electron chi connectivity index (χ3n) is 4.07. The smallest absolute Gasteiger partial charge is 0.255 e. The van der Waals surface area contributed by atoms with Crippen molar-refractivity contribution < 1.29 is 14.6 Å². The topological polar surface area (TPSA) is 76.4 Å². The van der Waals surface area contributed by atoms with Gasteiger partial charge >= 0.3 is 0 Å². The zero-order valence-corrected chi connectivity index (χ0v) is 14.8. The molecule has 0 bridgehead atoms. The van der Waals surface area contributed by atoms with Gasteiger partial charge in [-0.25, -0.2) is 0 Å². The van der Waals surface area contributed by atoms with Crippen LogP contribution in [-0.2, 0) is 0 Å². The van der Waals surface area contributed by atoms with Crippen LogP contribution in [0.4, 0.5) is 0 Å². The van der Waals surface area contributed by atoms with Gasteiger partial charge in [0.15, 0.2) is 0 Å². The lowest BCUT2D eigenvalue weighted by Crippen LogP contribution is -2.37. The Morgan fingerprint density at radius 2 is 1.88 bits per heavy atom. The van der Waals surface area contributed by atoms with Gasteiger partial charge < -0.3 is 15.2 Å². The highest BCUT2D eigenvalue weighted by Gasteiger charge is 2.22. The van der Waals surface area contributed by atoms with Crippen LogP contribution in [0.15, 0.2) is 30.5 Å². The van der Waals surface area contributed by atoms with Crippen molar-refractivity contribution in [3.8, 4) is 5.75 Å². The minimum Gasteiger partial charge on any atom is -0.497 e. The molecule has 1 aromatic carbocycles. The molecule has 6 nitrogen and oxygen atoms in total. The van der Waals surface area contributed by atoms with Gasteiger partial charge in [-0.3, -0.25) is 9.48 Å². The molecule has 0 radical (unpaired) electrons. The molecule has 2 N–H and O–H groups in total. The number of nitrogens with zero attached hydrogens (tertiary/aromatic N) is 2. The van der Waals surface area contributed by atoms with E-state index in [1.807, 2.05) is 20.8 Å². The lowest BCUT2D eigenvalue weighted by molar-refractivity contribution is 0.0851. The van der Waals surface area contributed by atoms with E-state index in [1.165, 1.54) is 0 Å². The van der Waals surface area contributed by atoms with Gasteiger partial charge in [0.1, 0.15) is 5.75 Å². The maximum Gasteiger partial charge on any atom is 0.255 e. The highest BCUT2D eigenvalue weighted by molar-refractivity contribution is 5.95. The number of ether oxygens (including phenoxy) is 1. The first-order valence-corrected chi connectivity index (χ1v) is 8.02. The Morgan fingerprint density at radius 1 is 1.25 bits per heavy atom. The normalized spacial score (nSPS) is 13.6.